The third-order valence-corrected chi connectivity index (χ3v) is 6.14. The monoisotopic (exact) mass is 535 g/mol. The fraction of sp³-hybridized carbons (Fsp3) is 0.111. The smallest absolute Gasteiger partial charge is 0.326 e. The number of nitrogens with zero attached hydrogens (tertiary/aromatic N) is 3. The molecule has 0 aliphatic heterocycles. The largest absolute Gasteiger partial charge is 0.480 e. The Morgan fingerprint density at radius 1 is 1.03 bits per heavy atom. The van der Waals surface area contributed by atoms with Gasteiger partial charge in [0.05, 0.1) is 27.5 Å². The van der Waals surface area contributed by atoms with Crippen LogP contribution in [-0.4, -0.2) is 37.8 Å². The van der Waals surface area contributed by atoms with Gasteiger partial charge >= 0.3 is 5.97 Å². The predicted molar refractivity (Wildman–Crippen MR) is 144 cm³/mol. The van der Waals surface area contributed by atoms with Crippen molar-refractivity contribution >= 4 is 46.8 Å². The number of halogens is 2. The highest BCUT2D eigenvalue weighted by Crippen LogP contribution is 2.24. The number of carboxylic acids is 1. The highest BCUT2D eigenvalue weighted by Gasteiger charge is 2.22. The van der Waals surface area contributed by atoms with Crippen molar-refractivity contribution < 1.29 is 14.7 Å². The number of anilines is 1. The fourth-order valence-electron chi connectivity index (χ4n) is 3.60. The van der Waals surface area contributed by atoms with Crippen molar-refractivity contribution in [2.24, 2.45) is 0 Å². The summed E-state index contributed by atoms with van der Waals surface area (Å²) >= 11 is 12.1. The first-order valence-corrected chi connectivity index (χ1v) is 12.1. The van der Waals surface area contributed by atoms with E-state index in [1.807, 2.05) is 42.6 Å². The van der Waals surface area contributed by atoms with Gasteiger partial charge in [-0.15, -0.1) is 0 Å². The van der Waals surface area contributed by atoms with Gasteiger partial charge in [0.1, 0.15) is 6.04 Å². The molecule has 0 radical (unpaired) electrons. The van der Waals surface area contributed by atoms with Gasteiger partial charge in [0, 0.05) is 30.8 Å². The lowest BCUT2D eigenvalue weighted by Gasteiger charge is -2.14. The van der Waals surface area contributed by atoms with Crippen molar-refractivity contribution in [1.82, 2.24) is 20.1 Å². The lowest BCUT2D eigenvalue weighted by atomic mass is 10.1. The average Bonchev–Trinajstić information content (AvgIpc) is 3.42. The second-order valence-corrected chi connectivity index (χ2v) is 8.84. The number of carboxylic acid groups (broad SMARTS) is 1. The van der Waals surface area contributed by atoms with Crippen molar-refractivity contribution in [2.45, 2.75) is 19.0 Å². The molecule has 4 rings (SSSR count). The lowest BCUT2D eigenvalue weighted by Crippen LogP contribution is -2.40. The Kier molecular flexibility index (Phi) is 8.56. The molecule has 0 spiro atoms. The summed E-state index contributed by atoms with van der Waals surface area (Å²) in [5.41, 5.74) is 3.80. The van der Waals surface area contributed by atoms with Crippen molar-refractivity contribution in [1.29, 1.82) is 0 Å². The molecular weight excluding hydrogens is 513 g/mol. The molecule has 188 valence electrons. The third kappa shape index (κ3) is 6.75. The number of amides is 1. The minimum absolute atomic E-state index is 0.0488. The summed E-state index contributed by atoms with van der Waals surface area (Å²) in [7, 11) is 0. The number of aliphatic carboxylic acids is 1. The van der Waals surface area contributed by atoms with Crippen molar-refractivity contribution in [3.63, 3.8) is 0 Å². The summed E-state index contributed by atoms with van der Waals surface area (Å²) in [6.45, 7) is 0.586. The maximum absolute atomic E-state index is 12.5. The van der Waals surface area contributed by atoms with Gasteiger partial charge in [-0.25, -0.2) is 9.48 Å². The standard InChI is InChI=1S/C27H23Cl2N5O3/c28-21-5-2-6-22(29)25(21)26(35)33-23(27(36)37)7-1-4-18-8-10-20(11-9-18)31-16-19-12-14-30-17-24(19)34-15-3-13-32-34/h1-6,8-15,17,23,31H,7,16H2,(H,33,35)(H,36,37)/b4-1+. The summed E-state index contributed by atoms with van der Waals surface area (Å²) in [5, 5.41) is 20.0. The zero-order valence-electron chi connectivity index (χ0n) is 19.5. The van der Waals surface area contributed by atoms with Gasteiger partial charge < -0.3 is 15.7 Å². The van der Waals surface area contributed by atoms with Crippen LogP contribution in [0.4, 0.5) is 5.69 Å². The van der Waals surface area contributed by atoms with E-state index in [1.165, 1.54) is 12.1 Å². The molecular formula is C27H23Cl2N5O3. The minimum Gasteiger partial charge on any atom is -0.480 e. The fourth-order valence-corrected chi connectivity index (χ4v) is 4.17. The van der Waals surface area contributed by atoms with Crippen LogP contribution < -0.4 is 10.6 Å². The Hall–Kier alpha value is -4.14. The zero-order valence-corrected chi connectivity index (χ0v) is 21.0. The van der Waals surface area contributed by atoms with Crippen LogP contribution in [0.15, 0.2) is 85.5 Å². The quantitative estimate of drug-likeness (QED) is 0.248. The van der Waals surface area contributed by atoms with Gasteiger partial charge in [-0.2, -0.15) is 5.10 Å². The first-order chi connectivity index (χ1) is 17.9. The highest BCUT2D eigenvalue weighted by molar-refractivity contribution is 6.39. The number of hydrogen-bond donors (Lipinski definition) is 3. The molecule has 2 aromatic carbocycles. The number of aromatic nitrogens is 3. The Morgan fingerprint density at radius 3 is 2.46 bits per heavy atom. The Bertz CT molecular complexity index is 1390. The molecule has 2 aromatic heterocycles. The Morgan fingerprint density at radius 2 is 1.78 bits per heavy atom. The summed E-state index contributed by atoms with van der Waals surface area (Å²) in [6, 6.07) is 15.0. The van der Waals surface area contributed by atoms with E-state index in [4.69, 9.17) is 23.2 Å². The van der Waals surface area contributed by atoms with E-state index in [0.717, 1.165) is 22.5 Å². The van der Waals surface area contributed by atoms with Crippen LogP contribution >= 0.6 is 23.2 Å². The van der Waals surface area contributed by atoms with E-state index < -0.39 is 17.9 Å². The van der Waals surface area contributed by atoms with Gasteiger partial charge in [0.15, 0.2) is 0 Å². The van der Waals surface area contributed by atoms with E-state index in [0.29, 0.717) is 6.54 Å². The summed E-state index contributed by atoms with van der Waals surface area (Å²) in [4.78, 5) is 28.4. The van der Waals surface area contributed by atoms with Gasteiger partial charge in [-0.05, 0) is 53.9 Å². The summed E-state index contributed by atoms with van der Waals surface area (Å²) < 4.78 is 1.77. The number of carbonyl (C=O) groups excluding carboxylic acids is 1. The van der Waals surface area contributed by atoms with Crippen LogP contribution in [0, 0.1) is 0 Å². The van der Waals surface area contributed by atoms with Crippen molar-refractivity contribution in [3.05, 3.63) is 112 Å². The van der Waals surface area contributed by atoms with Gasteiger partial charge in [0.25, 0.3) is 5.91 Å². The van der Waals surface area contributed by atoms with Crippen LogP contribution in [0.25, 0.3) is 11.8 Å². The SMILES string of the molecule is O=C(NC(C/C=C/c1ccc(NCc2ccncc2-n2cccn2)cc1)C(=O)O)c1c(Cl)cccc1Cl. The first kappa shape index (κ1) is 25.9. The molecule has 0 aliphatic carbocycles. The van der Waals surface area contributed by atoms with Gasteiger partial charge in [-0.1, -0.05) is 53.6 Å². The van der Waals surface area contributed by atoms with E-state index in [9.17, 15) is 14.7 Å². The van der Waals surface area contributed by atoms with Crippen molar-refractivity contribution in [2.75, 3.05) is 5.32 Å². The number of hydrogen-bond acceptors (Lipinski definition) is 5. The molecule has 1 atom stereocenters. The molecule has 1 unspecified atom stereocenters. The van der Waals surface area contributed by atoms with Crippen LogP contribution in [0.5, 0.6) is 0 Å². The number of nitrogens with one attached hydrogen (secondary N) is 2. The summed E-state index contributed by atoms with van der Waals surface area (Å²) in [5.74, 6) is -1.80. The van der Waals surface area contributed by atoms with Crippen LogP contribution in [0.3, 0.4) is 0 Å². The number of carbonyl (C=O) groups is 2. The molecule has 37 heavy (non-hydrogen) atoms. The van der Waals surface area contributed by atoms with Crippen LogP contribution in [0.2, 0.25) is 10.0 Å². The lowest BCUT2D eigenvalue weighted by molar-refractivity contribution is -0.139. The van der Waals surface area contributed by atoms with Gasteiger partial charge in [-0.3, -0.25) is 9.78 Å². The highest BCUT2D eigenvalue weighted by atomic mass is 35.5. The second kappa shape index (κ2) is 12.2. The van der Waals surface area contributed by atoms with E-state index in [-0.39, 0.29) is 22.0 Å². The molecule has 0 aliphatic rings. The molecule has 10 heteroatoms. The number of rotatable bonds is 10. The normalized spacial score (nSPS) is 11.8. The van der Waals surface area contributed by atoms with Gasteiger partial charge in [0.2, 0.25) is 0 Å². The molecule has 1 amide bonds. The van der Waals surface area contributed by atoms with Crippen LogP contribution in [-0.2, 0) is 11.3 Å². The topological polar surface area (TPSA) is 109 Å². The third-order valence-electron chi connectivity index (χ3n) is 5.51. The van der Waals surface area contributed by atoms with E-state index in [1.54, 1.807) is 41.5 Å². The maximum Gasteiger partial charge on any atom is 0.326 e. The minimum atomic E-state index is -1.16. The molecule has 8 nitrogen and oxygen atoms in total. The average molecular weight is 536 g/mol. The zero-order chi connectivity index (χ0) is 26.2. The maximum atomic E-state index is 12.5. The first-order valence-electron chi connectivity index (χ1n) is 11.3. The molecule has 0 bridgehead atoms. The number of benzene rings is 2. The molecule has 4 aromatic rings. The predicted octanol–water partition coefficient (Wildman–Crippen LogP) is 5.47. The van der Waals surface area contributed by atoms with Crippen LogP contribution in [0.1, 0.15) is 27.9 Å². The Balaban J connectivity index is 1.34. The van der Waals surface area contributed by atoms with Crippen molar-refractivity contribution in [3.8, 4) is 5.69 Å². The molecule has 2 heterocycles. The summed E-state index contributed by atoms with van der Waals surface area (Å²) in [6.07, 6.45) is 10.7. The molecule has 3 N–H and O–H groups in total. The second-order valence-electron chi connectivity index (χ2n) is 8.03. The van der Waals surface area contributed by atoms with E-state index in [2.05, 4.69) is 20.7 Å². The number of pyridine rings is 1. The molecule has 0 saturated carbocycles. The molecule has 0 saturated heterocycles. The van der Waals surface area contributed by atoms with E-state index >= 15 is 0 Å². The molecule has 0 fully saturated rings. The Labute approximate surface area is 223 Å².